The standard InChI is InChI=1S/C15H31NO3/c1-4-18-5-6-19-11-15(17)10-16-14-8-12(2)7-13(3)9-14/h12-17H,4-11H2,1-3H3. The van der Waals surface area contributed by atoms with Gasteiger partial charge in [0.2, 0.25) is 0 Å². The zero-order chi connectivity index (χ0) is 14.1. The van der Waals surface area contributed by atoms with Gasteiger partial charge in [-0.05, 0) is 38.0 Å². The minimum Gasteiger partial charge on any atom is -0.389 e. The summed E-state index contributed by atoms with van der Waals surface area (Å²) < 4.78 is 10.5. The number of hydrogen-bond acceptors (Lipinski definition) is 4. The van der Waals surface area contributed by atoms with Crippen LogP contribution in [0.25, 0.3) is 0 Å². The van der Waals surface area contributed by atoms with Gasteiger partial charge in [-0.2, -0.15) is 0 Å². The summed E-state index contributed by atoms with van der Waals surface area (Å²) >= 11 is 0. The lowest BCUT2D eigenvalue weighted by Gasteiger charge is -2.32. The fraction of sp³-hybridized carbons (Fsp3) is 1.00. The highest BCUT2D eigenvalue weighted by Gasteiger charge is 2.23. The second-order valence-corrected chi connectivity index (χ2v) is 5.95. The third-order valence-electron chi connectivity index (χ3n) is 3.71. The van der Waals surface area contributed by atoms with Gasteiger partial charge in [0.1, 0.15) is 0 Å². The monoisotopic (exact) mass is 273 g/mol. The van der Waals surface area contributed by atoms with Crippen molar-refractivity contribution < 1.29 is 14.6 Å². The smallest absolute Gasteiger partial charge is 0.0897 e. The van der Waals surface area contributed by atoms with Crippen molar-refractivity contribution in [3.63, 3.8) is 0 Å². The number of aliphatic hydroxyl groups excluding tert-OH is 1. The van der Waals surface area contributed by atoms with Crippen LogP contribution < -0.4 is 5.32 Å². The Morgan fingerprint density at radius 1 is 1.11 bits per heavy atom. The maximum atomic E-state index is 9.84. The number of rotatable bonds is 9. The molecule has 0 aromatic heterocycles. The first kappa shape index (κ1) is 16.9. The Balaban J connectivity index is 2.04. The molecular formula is C15H31NO3. The Kier molecular flexibility index (Phi) is 8.62. The highest BCUT2D eigenvalue weighted by molar-refractivity contribution is 4.80. The van der Waals surface area contributed by atoms with E-state index in [0.29, 0.717) is 39.0 Å². The predicted octanol–water partition coefficient (Wildman–Crippen LogP) is 1.81. The molecule has 0 bridgehead atoms. The van der Waals surface area contributed by atoms with Gasteiger partial charge < -0.3 is 19.9 Å². The third-order valence-corrected chi connectivity index (χ3v) is 3.71. The number of ether oxygens (including phenoxy) is 2. The van der Waals surface area contributed by atoms with E-state index in [-0.39, 0.29) is 0 Å². The first-order chi connectivity index (χ1) is 9.11. The van der Waals surface area contributed by atoms with Crippen LogP contribution in [0, 0.1) is 11.8 Å². The molecule has 3 atom stereocenters. The van der Waals surface area contributed by atoms with E-state index >= 15 is 0 Å². The van der Waals surface area contributed by atoms with Crippen molar-refractivity contribution in [1.82, 2.24) is 5.32 Å². The quantitative estimate of drug-likeness (QED) is 0.629. The van der Waals surface area contributed by atoms with Crippen LogP contribution in [-0.2, 0) is 9.47 Å². The normalized spacial score (nSPS) is 29.4. The van der Waals surface area contributed by atoms with Crippen molar-refractivity contribution in [3.8, 4) is 0 Å². The van der Waals surface area contributed by atoms with Crippen LogP contribution in [0.4, 0.5) is 0 Å². The van der Waals surface area contributed by atoms with Crippen molar-refractivity contribution in [3.05, 3.63) is 0 Å². The van der Waals surface area contributed by atoms with E-state index in [0.717, 1.165) is 11.8 Å². The average molecular weight is 273 g/mol. The van der Waals surface area contributed by atoms with Gasteiger partial charge >= 0.3 is 0 Å². The van der Waals surface area contributed by atoms with Gasteiger partial charge in [-0.1, -0.05) is 13.8 Å². The fourth-order valence-electron chi connectivity index (χ4n) is 2.96. The second kappa shape index (κ2) is 9.70. The Labute approximate surface area is 117 Å². The molecule has 0 spiro atoms. The molecule has 1 aliphatic rings. The molecule has 2 N–H and O–H groups in total. The van der Waals surface area contributed by atoms with E-state index in [1.165, 1.54) is 19.3 Å². The molecule has 0 heterocycles. The van der Waals surface area contributed by atoms with Gasteiger partial charge in [0.05, 0.1) is 25.9 Å². The Bertz CT molecular complexity index is 215. The van der Waals surface area contributed by atoms with Gasteiger partial charge in [0.25, 0.3) is 0 Å². The van der Waals surface area contributed by atoms with Gasteiger partial charge in [0.15, 0.2) is 0 Å². The third kappa shape index (κ3) is 7.88. The molecule has 0 radical (unpaired) electrons. The van der Waals surface area contributed by atoms with Crippen molar-refractivity contribution in [2.24, 2.45) is 11.8 Å². The van der Waals surface area contributed by atoms with Crippen molar-refractivity contribution in [1.29, 1.82) is 0 Å². The number of hydrogen-bond donors (Lipinski definition) is 2. The van der Waals surface area contributed by atoms with Crippen molar-refractivity contribution >= 4 is 0 Å². The lowest BCUT2D eigenvalue weighted by Crippen LogP contribution is -2.41. The molecule has 4 nitrogen and oxygen atoms in total. The summed E-state index contributed by atoms with van der Waals surface area (Å²) in [5.41, 5.74) is 0. The predicted molar refractivity (Wildman–Crippen MR) is 77.3 cm³/mol. The number of aliphatic hydroxyl groups is 1. The van der Waals surface area contributed by atoms with E-state index in [1.54, 1.807) is 0 Å². The summed E-state index contributed by atoms with van der Waals surface area (Å²) in [6.07, 6.45) is 3.36. The van der Waals surface area contributed by atoms with Crippen LogP contribution in [0.5, 0.6) is 0 Å². The molecule has 1 rings (SSSR count). The summed E-state index contributed by atoms with van der Waals surface area (Å²) in [5, 5.41) is 13.3. The van der Waals surface area contributed by atoms with E-state index in [1.807, 2.05) is 6.92 Å². The Hall–Kier alpha value is -0.160. The van der Waals surface area contributed by atoms with E-state index in [4.69, 9.17) is 9.47 Å². The Morgan fingerprint density at radius 2 is 1.74 bits per heavy atom. The molecule has 0 amide bonds. The van der Waals surface area contributed by atoms with Crippen LogP contribution >= 0.6 is 0 Å². The average Bonchev–Trinajstić information content (AvgIpc) is 2.35. The summed E-state index contributed by atoms with van der Waals surface area (Å²) in [6, 6.07) is 0.553. The molecule has 0 saturated heterocycles. The second-order valence-electron chi connectivity index (χ2n) is 5.95. The van der Waals surface area contributed by atoms with Crippen LogP contribution in [0.2, 0.25) is 0 Å². The van der Waals surface area contributed by atoms with Crippen LogP contribution in [-0.4, -0.2) is 50.2 Å². The summed E-state index contributed by atoms with van der Waals surface area (Å²) in [5.74, 6) is 1.58. The topological polar surface area (TPSA) is 50.7 Å². The number of nitrogens with one attached hydrogen (secondary N) is 1. The van der Waals surface area contributed by atoms with Crippen molar-refractivity contribution in [2.75, 3.05) is 33.0 Å². The molecule has 1 aliphatic carbocycles. The summed E-state index contributed by atoms with van der Waals surface area (Å²) in [7, 11) is 0. The van der Waals surface area contributed by atoms with Gasteiger partial charge in [-0.25, -0.2) is 0 Å². The highest BCUT2D eigenvalue weighted by atomic mass is 16.5. The minimum absolute atomic E-state index is 0.387. The molecule has 4 heteroatoms. The van der Waals surface area contributed by atoms with Crippen LogP contribution in [0.1, 0.15) is 40.0 Å². The molecule has 3 unspecified atom stereocenters. The lowest BCUT2D eigenvalue weighted by atomic mass is 9.80. The maximum Gasteiger partial charge on any atom is 0.0897 e. The van der Waals surface area contributed by atoms with Crippen LogP contribution in [0.3, 0.4) is 0 Å². The van der Waals surface area contributed by atoms with Gasteiger partial charge in [-0.3, -0.25) is 0 Å². The maximum absolute atomic E-state index is 9.84. The zero-order valence-corrected chi connectivity index (χ0v) is 12.7. The van der Waals surface area contributed by atoms with Crippen molar-refractivity contribution in [2.45, 2.75) is 52.2 Å². The molecule has 1 fully saturated rings. The fourth-order valence-corrected chi connectivity index (χ4v) is 2.96. The van der Waals surface area contributed by atoms with Crippen LogP contribution in [0.15, 0.2) is 0 Å². The molecule has 114 valence electrons. The minimum atomic E-state index is -0.422. The molecule has 0 aromatic rings. The highest BCUT2D eigenvalue weighted by Crippen LogP contribution is 2.28. The van der Waals surface area contributed by atoms with E-state index in [2.05, 4.69) is 19.2 Å². The van der Waals surface area contributed by atoms with E-state index in [9.17, 15) is 5.11 Å². The first-order valence-corrected chi connectivity index (χ1v) is 7.68. The molecule has 0 aromatic carbocycles. The molecular weight excluding hydrogens is 242 g/mol. The summed E-state index contributed by atoms with van der Waals surface area (Å²) in [4.78, 5) is 0. The molecule has 1 saturated carbocycles. The SMILES string of the molecule is CCOCCOCC(O)CNC1CC(C)CC(C)C1. The van der Waals surface area contributed by atoms with Gasteiger partial charge in [0, 0.05) is 19.2 Å². The first-order valence-electron chi connectivity index (χ1n) is 7.68. The zero-order valence-electron chi connectivity index (χ0n) is 12.7. The summed E-state index contributed by atoms with van der Waals surface area (Å²) in [6.45, 7) is 9.49. The lowest BCUT2D eigenvalue weighted by molar-refractivity contribution is 0.00491. The van der Waals surface area contributed by atoms with Gasteiger partial charge in [-0.15, -0.1) is 0 Å². The Morgan fingerprint density at radius 3 is 2.37 bits per heavy atom. The van der Waals surface area contributed by atoms with E-state index < -0.39 is 6.10 Å². The molecule has 19 heavy (non-hydrogen) atoms. The molecule has 0 aliphatic heterocycles. The largest absolute Gasteiger partial charge is 0.389 e.